The molecule has 0 saturated heterocycles. The number of amides is 1. The van der Waals surface area contributed by atoms with E-state index in [9.17, 15) is 9.59 Å². The molecule has 1 aromatic heterocycles. The maximum Gasteiger partial charge on any atom is 0.272 e. The number of aromatic amines is 1. The Morgan fingerprint density at radius 3 is 2.50 bits per heavy atom. The molecule has 0 saturated carbocycles. The van der Waals surface area contributed by atoms with Gasteiger partial charge < -0.3 is 10.3 Å². The fourth-order valence-corrected chi connectivity index (χ4v) is 1.91. The smallest absolute Gasteiger partial charge is 0.272 e. The summed E-state index contributed by atoms with van der Waals surface area (Å²) >= 11 is 0. The molecular weight excluding hydrogens is 252 g/mol. The van der Waals surface area contributed by atoms with Crippen LogP contribution < -0.4 is 10.9 Å². The molecule has 1 atom stereocenters. The van der Waals surface area contributed by atoms with Gasteiger partial charge in [-0.05, 0) is 36.1 Å². The van der Waals surface area contributed by atoms with E-state index in [1.807, 2.05) is 24.3 Å². The summed E-state index contributed by atoms with van der Waals surface area (Å²) in [7, 11) is 0. The Morgan fingerprint density at radius 2 is 1.90 bits per heavy atom. The van der Waals surface area contributed by atoms with Gasteiger partial charge in [-0.15, -0.1) is 0 Å². The predicted molar refractivity (Wildman–Crippen MR) is 80.2 cm³/mol. The molecule has 4 nitrogen and oxygen atoms in total. The van der Waals surface area contributed by atoms with Crippen LogP contribution >= 0.6 is 0 Å². The molecule has 4 heteroatoms. The SMILES string of the molecule is CCC(C)c1ccc(NC(=O)c2cccc(=O)[nH]2)cc1. The summed E-state index contributed by atoms with van der Waals surface area (Å²) in [6.45, 7) is 4.31. The Morgan fingerprint density at radius 1 is 1.20 bits per heavy atom. The van der Waals surface area contributed by atoms with Crippen LogP contribution in [0.3, 0.4) is 0 Å². The summed E-state index contributed by atoms with van der Waals surface area (Å²) < 4.78 is 0. The minimum atomic E-state index is -0.320. The molecule has 2 N–H and O–H groups in total. The number of hydrogen-bond donors (Lipinski definition) is 2. The summed E-state index contributed by atoms with van der Waals surface area (Å²) in [5.74, 6) is 0.184. The van der Waals surface area contributed by atoms with Crippen molar-refractivity contribution >= 4 is 11.6 Å². The molecule has 1 heterocycles. The fraction of sp³-hybridized carbons (Fsp3) is 0.250. The van der Waals surface area contributed by atoms with Crippen molar-refractivity contribution in [2.45, 2.75) is 26.2 Å². The van der Waals surface area contributed by atoms with Gasteiger partial charge in [0.1, 0.15) is 5.69 Å². The van der Waals surface area contributed by atoms with E-state index in [-0.39, 0.29) is 17.2 Å². The average Bonchev–Trinajstić information content (AvgIpc) is 2.47. The Balaban J connectivity index is 2.10. The molecular formula is C16H18N2O2. The Bertz CT molecular complexity index is 644. The first-order chi connectivity index (χ1) is 9.60. The zero-order valence-corrected chi connectivity index (χ0v) is 11.6. The van der Waals surface area contributed by atoms with Crippen molar-refractivity contribution in [3.8, 4) is 0 Å². The lowest BCUT2D eigenvalue weighted by Crippen LogP contribution is -2.17. The average molecular weight is 270 g/mol. The first-order valence-electron chi connectivity index (χ1n) is 6.71. The standard InChI is InChI=1S/C16H18N2O2/c1-3-11(2)12-7-9-13(10-8-12)17-16(20)14-5-4-6-15(19)18-14/h4-11H,3H2,1-2H3,(H,17,20)(H,18,19). The van der Waals surface area contributed by atoms with E-state index >= 15 is 0 Å². The van der Waals surface area contributed by atoms with Crippen LogP contribution in [0.2, 0.25) is 0 Å². The van der Waals surface area contributed by atoms with Crippen LogP contribution in [-0.2, 0) is 0 Å². The summed E-state index contributed by atoms with van der Waals surface area (Å²) in [6.07, 6.45) is 1.08. The number of nitrogens with one attached hydrogen (secondary N) is 2. The third kappa shape index (κ3) is 3.35. The van der Waals surface area contributed by atoms with Crippen LogP contribution in [0, 0.1) is 0 Å². The molecule has 0 fully saturated rings. The number of H-pyrrole nitrogens is 1. The zero-order valence-electron chi connectivity index (χ0n) is 11.6. The lowest BCUT2D eigenvalue weighted by atomic mass is 9.99. The number of rotatable bonds is 4. The molecule has 1 aromatic carbocycles. The van der Waals surface area contributed by atoms with Gasteiger partial charge in [0.2, 0.25) is 5.56 Å². The summed E-state index contributed by atoms with van der Waals surface area (Å²) in [6, 6.07) is 12.3. The van der Waals surface area contributed by atoms with Gasteiger partial charge in [0.15, 0.2) is 0 Å². The van der Waals surface area contributed by atoms with Gasteiger partial charge in [0, 0.05) is 11.8 Å². The zero-order chi connectivity index (χ0) is 14.5. The number of hydrogen-bond acceptors (Lipinski definition) is 2. The van der Waals surface area contributed by atoms with Gasteiger partial charge >= 0.3 is 0 Å². The second-order valence-electron chi connectivity index (χ2n) is 4.81. The lowest BCUT2D eigenvalue weighted by molar-refractivity contribution is 0.102. The van der Waals surface area contributed by atoms with Crippen LogP contribution in [-0.4, -0.2) is 10.9 Å². The third-order valence-electron chi connectivity index (χ3n) is 3.36. The molecule has 0 aliphatic carbocycles. The van der Waals surface area contributed by atoms with Crippen molar-refractivity contribution in [3.05, 3.63) is 64.1 Å². The van der Waals surface area contributed by atoms with Crippen molar-refractivity contribution in [1.29, 1.82) is 0 Å². The highest BCUT2D eigenvalue weighted by molar-refractivity contribution is 6.02. The summed E-state index contributed by atoms with van der Waals surface area (Å²) in [5, 5.41) is 2.76. The molecule has 20 heavy (non-hydrogen) atoms. The van der Waals surface area contributed by atoms with Gasteiger partial charge in [0.25, 0.3) is 5.91 Å². The van der Waals surface area contributed by atoms with Crippen LogP contribution in [0.4, 0.5) is 5.69 Å². The van der Waals surface area contributed by atoms with Gasteiger partial charge in [-0.1, -0.05) is 32.0 Å². The number of carbonyl (C=O) groups excluding carboxylic acids is 1. The summed E-state index contributed by atoms with van der Waals surface area (Å²) in [5.41, 5.74) is 1.93. The molecule has 0 radical (unpaired) electrons. The quantitative estimate of drug-likeness (QED) is 0.896. The topological polar surface area (TPSA) is 62.0 Å². The first kappa shape index (κ1) is 14.1. The van der Waals surface area contributed by atoms with Gasteiger partial charge in [0.05, 0.1) is 0 Å². The normalized spacial score (nSPS) is 11.9. The molecule has 1 unspecified atom stereocenters. The predicted octanol–water partition coefficient (Wildman–Crippen LogP) is 3.14. The highest BCUT2D eigenvalue weighted by Crippen LogP contribution is 2.20. The van der Waals surface area contributed by atoms with Crippen molar-refractivity contribution in [1.82, 2.24) is 4.98 Å². The van der Waals surface area contributed by atoms with E-state index in [0.29, 0.717) is 11.6 Å². The Labute approximate surface area is 117 Å². The maximum atomic E-state index is 12.0. The second-order valence-corrected chi connectivity index (χ2v) is 4.81. The minimum Gasteiger partial charge on any atom is -0.321 e. The van der Waals surface area contributed by atoms with Crippen molar-refractivity contribution in [3.63, 3.8) is 0 Å². The Kier molecular flexibility index (Phi) is 4.35. The monoisotopic (exact) mass is 270 g/mol. The summed E-state index contributed by atoms with van der Waals surface area (Å²) in [4.78, 5) is 25.6. The second kappa shape index (κ2) is 6.19. The van der Waals surface area contributed by atoms with E-state index in [1.54, 1.807) is 12.1 Å². The molecule has 1 amide bonds. The molecule has 0 bridgehead atoms. The third-order valence-corrected chi connectivity index (χ3v) is 3.36. The van der Waals surface area contributed by atoms with Crippen molar-refractivity contribution in [2.75, 3.05) is 5.32 Å². The molecule has 0 aliphatic heterocycles. The van der Waals surface area contributed by atoms with Gasteiger partial charge in [-0.25, -0.2) is 0 Å². The molecule has 2 rings (SSSR count). The molecule has 0 aliphatic rings. The van der Waals surface area contributed by atoms with E-state index < -0.39 is 0 Å². The van der Waals surface area contributed by atoms with Crippen LogP contribution in [0.25, 0.3) is 0 Å². The highest BCUT2D eigenvalue weighted by atomic mass is 16.2. The lowest BCUT2D eigenvalue weighted by Gasteiger charge is -2.10. The number of aromatic nitrogens is 1. The number of carbonyl (C=O) groups is 1. The Hall–Kier alpha value is -2.36. The largest absolute Gasteiger partial charge is 0.321 e. The fourth-order valence-electron chi connectivity index (χ4n) is 1.91. The minimum absolute atomic E-state index is 0.253. The maximum absolute atomic E-state index is 12.0. The van der Waals surface area contributed by atoms with E-state index in [0.717, 1.165) is 6.42 Å². The van der Waals surface area contributed by atoms with Crippen molar-refractivity contribution < 1.29 is 4.79 Å². The van der Waals surface area contributed by atoms with Crippen molar-refractivity contribution in [2.24, 2.45) is 0 Å². The van der Waals surface area contributed by atoms with Crippen LogP contribution in [0.5, 0.6) is 0 Å². The van der Waals surface area contributed by atoms with E-state index in [2.05, 4.69) is 24.1 Å². The number of benzene rings is 1. The van der Waals surface area contributed by atoms with E-state index in [1.165, 1.54) is 11.6 Å². The van der Waals surface area contributed by atoms with Crippen LogP contribution in [0.1, 0.15) is 42.2 Å². The number of anilines is 1. The number of pyridine rings is 1. The molecule has 0 spiro atoms. The van der Waals surface area contributed by atoms with E-state index in [4.69, 9.17) is 0 Å². The van der Waals surface area contributed by atoms with Gasteiger partial charge in [-0.2, -0.15) is 0 Å². The highest BCUT2D eigenvalue weighted by Gasteiger charge is 2.07. The van der Waals surface area contributed by atoms with Crippen LogP contribution in [0.15, 0.2) is 47.3 Å². The van der Waals surface area contributed by atoms with Gasteiger partial charge in [-0.3, -0.25) is 9.59 Å². The first-order valence-corrected chi connectivity index (χ1v) is 6.71. The molecule has 104 valence electrons. The molecule has 2 aromatic rings.